The number of hydrogen-bond donors (Lipinski definition) is 1. The molecule has 114 valence electrons. The predicted molar refractivity (Wildman–Crippen MR) is 84.2 cm³/mol. The van der Waals surface area contributed by atoms with E-state index in [0.717, 1.165) is 31.1 Å². The number of nitrogens with zero attached hydrogens (tertiary/aromatic N) is 2. The van der Waals surface area contributed by atoms with Crippen molar-refractivity contribution in [3.8, 4) is 0 Å². The number of nitrogens with one attached hydrogen (secondary N) is 1. The van der Waals surface area contributed by atoms with Crippen LogP contribution in [-0.2, 0) is 0 Å². The van der Waals surface area contributed by atoms with Crippen molar-refractivity contribution in [2.45, 2.75) is 0 Å². The Balaban J connectivity index is 1.85. The average molecular weight is 330 g/mol. The Kier molecular flexibility index (Phi) is 5.84. The zero-order valence-corrected chi connectivity index (χ0v) is 13.0. The molecule has 0 aliphatic carbocycles. The van der Waals surface area contributed by atoms with Crippen molar-refractivity contribution in [1.29, 1.82) is 0 Å². The van der Waals surface area contributed by atoms with Gasteiger partial charge >= 0.3 is 0 Å². The molecule has 0 unspecified atom stereocenters. The molecule has 1 aliphatic rings. The minimum absolute atomic E-state index is 0.0271. The van der Waals surface area contributed by atoms with Crippen LogP contribution in [0.15, 0.2) is 18.2 Å². The molecule has 1 aromatic carbocycles. The first-order valence-corrected chi connectivity index (χ1v) is 8.13. The molecular formula is C13H16ClN3O3S. The Morgan fingerprint density at radius 2 is 2.14 bits per heavy atom. The highest BCUT2D eigenvalue weighted by molar-refractivity contribution is 7.99. The number of carbonyl (C=O) groups excluding carboxylic acids is 1. The molecular weight excluding hydrogens is 314 g/mol. The molecule has 1 N–H and O–H groups in total. The molecule has 0 atom stereocenters. The first kappa shape index (κ1) is 16.1. The Morgan fingerprint density at radius 3 is 2.76 bits per heavy atom. The van der Waals surface area contributed by atoms with Gasteiger partial charge in [-0.1, -0.05) is 11.6 Å². The van der Waals surface area contributed by atoms with Crippen LogP contribution >= 0.6 is 23.4 Å². The van der Waals surface area contributed by atoms with E-state index in [9.17, 15) is 14.9 Å². The van der Waals surface area contributed by atoms with E-state index in [4.69, 9.17) is 11.6 Å². The predicted octanol–water partition coefficient (Wildman–Crippen LogP) is 2.03. The Labute approximate surface area is 132 Å². The van der Waals surface area contributed by atoms with E-state index in [0.29, 0.717) is 12.1 Å². The molecule has 1 heterocycles. The lowest BCUT2D eigenvalue weighted by Crippen LogP contribution is -2.39. The smallest absolute Gasteiger partial charge is 0.287 e. The molecule has 2 rings (SSSR count). The molecule has 0 radical (unpaired) electrons. The van der Waals surface area contributed by atoms with E-state index in [2.05, 4.69) is 10.2 Å². The van der Waals surface area contributed by atoms with Crippen molar-refractivity contribution in [2.75, 3.05) is 37.7 Å². The van der Waals surface area contributed by atoms with Gasteiger partial charge in [0.1, 0.15) is 5.02 Å². The van der Waals surface area contributed by atoms with E-state index < -0.39 is 4.92 Å². The third-order valence-corrected chi connectivity index (χ3v) is 4.47. The number of rotatable bonds is 5. The maximum absolute atomic E-state index is 12.0. The summed E-state index contributed by atoms with van der Waals surface area (Å²) < 4.78 is 0. The first-order chi connectivity index (χ1) is 10.1. The number of benzene rings is 1. The van der Waals surface area contributed by atoms with Gasteiger partial charge in [0.15, 0.2) is 0 Å². The highest BCUT2D eigenvalue weighted by Crippen LogP contribution is 2.24. The van der Waals surface area contributed by atoms with Crippen molar-refractivity contribution in [3.63, 3.8) is 0 Å². The van der Waals surface area contributed by atoms with E-state index in [1.165, 1.54) is 18.2 Å². The van der Waals surface area contributed by atoms with Gasteiger partial charge < -0.3 is 5.32 Å². The van der Waals surface area contributed by atoms with Crippen LogP contribution in [0.2, 0.25) is 5.02 Å². The summed E-state index contributed by atoms with van der Waals surface area (Å²) in [6.07, 6.45) is 0. The maximum atomic E-state index is 12.0. The average Bonchev–Trinajstić information content (AvgIpc) is 2.47. The van der Waals surface area contributed by atoms with Crippen molar-refractivity contribution in [3.05, 3.63) is 38.9 Å². The standard InChI is InChI=1S/C13H16ClN3O3S/c14-11-9-10(1-2-12(11)17(19)20)13(18)15-3-4-16-5-7-21-8-6-16/h1-2,9H,3-8H2,(H,15,18). The highest BCUT2D eigenvalue weighted by Gasteiger charge is 2.15. The van der Waals surface area contributed by atoms with Crippen LogP contribution < -0.4 is 5.32 Å². The molecule has 1 aliphatic heterocycles. The highest BCUT2D eigenvalue weighted by atomic mass is 35.5. The van der Waals surface area contributed by atoms with Crippen molar-refractivity contribution < 1.29 is 9.72 Å². The summed E-state index contributed by atoms with van der Waals surface area (Å²) in [5.74, 6) is 2.00. The van der Waals surface area contributed by atoms with Crippen molar-refractivity contribution in [1.82, 2.24) is 10.2 Å². The summed E-state index contributed by atoms with van der Waals surface area (Å²) in [4.78, 5) is 24.4. The van der Waals surface area contributed by atoms with Gasteiger partial charge in [0.25, 0.3) is 11.6 Å². The molecule has 0 spiro atoms. The van der Waals surface area contributed by atoms with E-state index in [1.807, 2.05) is 11.8 Å². The van der Waals surface area contributed by atoms with Gasteiger partial charge in [0, 0.05) is 49.3 Å². The second-order valence-corrected chi connectivity index (χ2v) is 6.27. The number of amides is 1. The summed E-state index contributed by atoms with van der Waals surface area (Å²) >= 11 is 7.73. The van der Waals surface area contributed by atoms with Crippen LogP contribution in [0, 0.1) is 10.1 Å². The van der Waals surface area contributed by atoms with Crippen molar-refractivity contribution in [2.24, 2.45) is 0 Å². The topological polar surface area (TPSA) is 75.5 Å². The minimum atomic E-state index is -0.571. The van der Waals surface area contributed by atoms with Gasteiger partial charge in [-0.25, -0.2) is 0 Å². The Hall–Kier alpha value is -1.31. The Bertz CT molecular complexity index is 535. The number of nitro benzene ring substituents is 1. The summed E-state index contributed by atoms with van der Waals surface area (Å²) in [6.45, 7) is 3.46. The fourth-order valence-corrected chi connectivity index (χ4v) is 3.28. The molecule has 0 saturated carbocycles. The second kappa shape index (κ2) is 7.63. The maximum Gasteiger partial charge on any atom is 0.287 e. The molecule has 1 fully saturated rings. The van der Waals surface area contributed by atoms with Crippen LogP contribution in [0.1, 0.15) is 10.4 Å². The molecule has 8 heteroatoms. The molecule has 1 amide bonds. The van der Waals surface area contributed by atoms with Gasteiger partial charge in [-0.3, -0.25) is 19.8 Å². The number of carbonyl (C=O) groups is 1. The number of nitro groups is 1. The van der Waals surface area contributed by atoms with Gasteiger partial charge in [0.05, 0.1) is 4.92 Å². The summed E-state index contributed by atoms with van der Waals surface area (Å²) in [7, 11) is 0. The van der Waals surface area contributed by atoms with Crippen LogP contribution in [0.25, 0.3) is 0 Å². The van der Waals surface area contributed by atoms with Crippen molar-refractivity contribution >= 4 is 35.0 Å². The molecule has 21 heavy (non-hydrogen) atoms. The molecule has 1 aromatic rings. The monoisotopic (exact) mass is 329 g/mol. The zero-order chi connectivity index (χ0) is 15.2. The number of hydrogen-bond acceptors (Lipinski definition) is 5. The summed E-state index contributed by atoms with van der Waals surface area (Å²) in [6, 6.07) is 3.99. The van der Waals surface area contributed by atoms with Crippen LogP contribution in [0.4, 0.5) is 5.69 Å². The van der Waals surface area contributed by atoms with Gasteiger partial charge in [-0.15, -0.1) is 0 Å². The number of halogens is 1. The SMILES string of the molecule is O=C(NCCN1CCSCC1)c1ccc([N+](=O)[O-])c(Cl)c1. The van der Waals surface area contributed by atoms with E-state index in [-0.39, 0.29) is 16.6 Å². The fraction of sp³-hybridized carbons (Fsp3) is 0.462. The second-order valence-electron chi connectivity index (χ2n) is 4.63. The van der Waals surface area contributed by atoms with Gasteiger partial charge in [-0.2, -0.15) is 11.8 Å². The van der Waals surface area contributed by atoms with Crippen LogP contribution in [0.5, 0.6) is 0 Å². The number of thioether (sulfide) groups is 1. The zero-order valence-electron chi connectivity index (χ0n) is 11.4. The van der Waals surface area contributed by atoms with E-state index >= 15 is 0 Å². The summed E-state index contributed by atoms with van der Waals surface area (Å²) in [5, 5.41) is 13.4. The third-order valence-electron chi connectivity index (χ3n) is 3.22. The first-order valence-electron chi connectivity index (χ1n) is 6.60. The molecule has 0 bridgehead atoms. The fourth-order valence-electron chi connectivity index (χ4n) is 2.05. The summed E-state index contributed by atoms with van der Waals surface area (Å²) in [5.41, 5.74) is 0.138. The van der Waals surface area contributed by atoms with Gasteiger partial charge in [-0.05, 0) is 12.1 Å². The largest absolute Gasteiger partial charge is 0.351 e. The molecule has 0 aromatic heterocycles. The van der Waals surface area contributed by atoms with E-state index in [1.54, 1.807) is 0 Å². The van der Waals surface area contributed by atoms with Gasteiger partial charge in [0.2, 0.25) is 0 Å². The molecule has 1 saturated heterocycles. The van der Waals surface area contributed by atoms with Crippen LogP contribution in [0.3, 0.4) is 0 Å². The third kappa shape index (κ3) is 4.59. The van der Waals surface area contributed by atoms with Crippen LogP contribution in [-0.4, -0.2) is 53.4 Å². The molecule has 6 nitrogen and oxygen atoms in total. The quantitative estimate of drug-likeness (QED) is 0.660. The lowest BCUT2D eigenvalue weighted by Gasteiger charge is -2.25. The normalized spacial score (nSPS) is 15.7. The lowest BCUT2D eigenvalue weighted by atomic mass is 10.2. The Morgan fingerprint density at radius 1 is 1.43 bits per heavy atom. The minimum Gasteiger partial charge on any atom is -0.351 e. The lowest BCUT2D eigenvalue weighted by molar-refractivity contribution is -0.384.